The Hall–Kier alpha value is -1.82. The number of nitrogens with zero attached hydrogens (tertiary/aromatic N) is 2. The Labute approximate surface area is 83.0 Å². The molecule has 0 atom stereocenters. The molecule has 0 radical (unpaired) electrons. The van der Waals surface area contributed by atoms with Crippen LogP contribution in [-0.4, -0.2) is 4.98 Å². The summed E-state index contributed by atoms with van der Waals surface area (Å²) in [5.74, 6) is 0. The molecule has 1 aromatic carbocycles. The standard InChI is InChI=1S/C9H6N2O.C2H6/c1-6-2-3-7(4-10)9-8(6)11-5-12-9;1-2/h2-3,5H,1H3;1-2H3. The molecule has 0 amide bonds. The molecule has 0 N–H and O–H groups in total. The van der Waals surface area contributed by atoms with Gasteiger partial charge in [-0.2, -0.15) is 5.26 Å². The molecule has 72 valence electrons. The molecule has 3 heteroatoms. The first-order valence-electron chi connectivity index (χ1n) is 4.56. The van der Waals surface area contributed by atoms with Gasteiger partial charge >= 0.3 is 0 Å². The van der Waals surface area contributed by atoms with Crippen LogP contribution >= 0.6 is 0 Å². The summed E-state index contributed by atoms with van der Waals surface area (Å²) < 4.78 is 5.09. The van der Waals surface area contributed by atoms with Crippen LogP contribution in [0.2, 0.25) is 0 Å². The number of oxazole rings is 1. The molecule has 1 aromatic heterocycles. The first kappa shape index (κ1) is 10.3. The maximum absolute atomic E-state index is 8.71. The second-order valence-corrected chi connectivity index (χ2v) is 2.57. The second kappa shape index (κ2) is 4.43. The summed E-state index contributed by atoms with van der Waals surface area (Å²) in [5.41, 5.74) is 2.91. The van der Waals surface area contributed by atoms with Crippen LogP contribution in [0.4, 0.5) is 0 Å². The minimum absolute atomic E-state index is 0.535. The molecule has 0 aliphatic carbocycles. The van der Waals surface area contributed by atoms with Crippen molar-refractivity contribution in [2.24, 2.45) is 0 Å². The van der Waals surface area contributed by atoms with Crippen molar-refractivity contribution in [1.29, 1.82) is 5.26 Å². The van der Waals surface area contributed by atoms with Gasteiger partial charge in [-0.15, -0.1) is 0 Å². The van der Waals surface area contributed by atoms with Crippen molar-refractivity contribution in [2.75, 3.05) is 0 Å². The van der Waals surface area contributed by atoms with E-state index in [0.29, 0.717) is 11.1 Å². The van der Waals surface area contributed by atoms with Crippen molar-refractivity contribution in [2.45, 2.75) is 20.8 Å². The van der Waals surface area contributed by atoms with Gasteiger partial charge < -0.3 is 4.42 Å². The Balaban J connectivity index is 0.000000461. The van der Waals surface area contributed by atoms with Crippen LogP contribution < -0.4 is 0 Å². The Bertz CT molecular complexity index is 466. The van der Waals surface area contributed by atoms with Crippen molar-refractivity contribution >= 4 is 11.1 Å². The number of aromatic nitrogens is 1. The molecule has 0 aliphatic heterocycles. The van der Waals surface area contributed by atoms with Crippen LogP contribution in [0, 0.1) is 18.3 Å². The number of rotatable bonds is 0. The highest BCUT2D eigenvalue weighted by Gasteiger charge is 2.06. The van der Waals surface area contributed by atoms with Gasteiger partial charge in [0.15, 0.2) is 12.0 Å². The molecule has 0 unspecified atom stereocenters. The van der Waals surface area contributed by atoms with E-state index < -0.39 is 0 Å². The Morgan fingerprint density at radius 3 is 2.71 bits per heavy atom. The minimum Gasteiger partial charge on any atom is -0.442 e. The van der Waals surface area contributed by atoms with Gasteiger partial charge in [0.2, 0.25) is 0 Å². The molecule has 2 rings (SSSR count). The number of nitriles is 1. The van der Waals surface area contributed by atoms with Crippen molar-refractivity contribution in [1.82, 2.24) is 4.98 Å². The lowest BCUT2D eigenvalue weighted by atomic mass is 10.1. The zero-order valence-electron chi connectivity index (χ0n) is 8.53. The number of benzene rings is 1. The van der Waals surface area contributed by atoms with E-state index in [9.17, 15) is 0 Å². The molecular weight excluding hydrogens is 176 g/mol. The van der Waals surface area contributed by atoms with Crippen LogP contribution in [0.15, 0.2) is 22.9 Å². The summed E-state index contributed by atoms with van der Waals surface area (Å²) in [7, 11) is 0. The van der Waals surface area contributed by atoms with Crippen LogP contribution in [0.1, 0.15) is 25.0 Å². The third-order valence-corrected chi connectivity index (χ3v) is 1.81. The monoisotopic (exact) mass is 188 g/mol. The fourth-order valence-corrected chi connectivity index (χ4v) is 1.17. The van der Waals surface area contributed by atoms with Crippen LogP contribution in [-0.2, 0) is 0 Å². The van der Waals surface area contributed by atoms with E-state index in [2.05, 4.69) is 4.98 Å². The average molecular weight is 188 g/mol. The predicted molar refractivity (Wildman–Crippen MR) is 54.8 cm³/mol. The van der Waals surface area contributed by atoms with Crippen molar-refractivity contribution < 1.29 is 4.42 Å². The van der Waals surface area contributed by atoms with Gasteiger partial charge in [0.1, 0.15) is 11.6 Å². The molecular formula is C11H12N2O. The van der Waals surface area contributed by atoms with Crippen LogP contribution in [0.5, 0.6) is 0 Å². The summed E-state index contributed by atoms with van der Waals surface area (Å²) in [4.78, 5) is 4.01. The normalized spacial score (nSPS) is 9.00. The maximum atomic E-state index is 8.71. The van der Waals surface area contributed by atoms with Crippen LogP contribution in [0.3, 0.4) is 0 Å². The molecule has 3 nitrogen and oxygen atoms in total. The molecule has 0 spiro atoms. The van der Waals surface area contributed by atoms with E-state index in [1.807, 2.05) is 32.9 Å². The largest absolute Gasteiger partial charge is 0.442 e. The third kappa shape index (κ3) is 1.60. The third-order valence-electron chi connectivity index (χ3n) is 1.81. The SMILES string of the molecule is CC.Cc1ccc(C#N)c2ocnc12. The lowest BCUT2D eigenvalue weighted by Gasteiger charge is -1.93. The summed E-state index contributed by atoms with van der Waals surface area (Å²) in [6, 6.07) is 5.65. The molecule has 0 fully saturated rings. The van der Waals surface area contributed by atoms with Crippen molar-refractivity contribution in [3.05, 3.63) is 29.7 Å². The highest BCUT2D eigenvalue weighted by Crippen LogP contribution is 2.19. The van der Waals surface area contributed by atoms with Gasteiger partial charge in [-0.3, -0.25) is 0 Å². The first-order chi connectivity index (χ1) is 6.83. The number of hydrogen-bond donors (Lipinski definition) is 0. The van der Waals surface area contributed by atoms with Crippen molar-refractivity contribution in [3.63, 3.8) is 0 Å². The van der Waals surface area contributed by atoms with Crippen LogP contribution in [0.25, 0.3) is 11.1 Å². The number of aryl methyl sites for hydroxylation is 1. The van der Waals surface area contributed by atoms with E-state index in [-0.39, 0.29) is 0 Å². The van der Waals surface area contributed by atoms with Gasteiger partial charge in [0, 0.05) is 0 Å². The van der Waals surface area contributed by atoms with Gasteiger partial charge in [-0.05, 0) is 18.6 Å². The highest BCUT2D eigenvalue weighted by atomic mass is 16.3. The summed E-state index contributed by atoms with van der Waals surface area (Å²) in [6.45, 7) is 5.94. The van der Waals surface area contributed by atoms with E-state index in [4.69, 9.17) is 9.68 Å². The Morgan fingerprint density at radius 2 is 2.07 bits per heavy atom. The van der Waals surface area contributed by atoms with Gasteiger partial charge in [0.25, 0.3) is 0 Å². The topological polar surface area (TPSA) is 49.8 Å². The van der Waals surface area contributed by atoms with Crippen molar-refractivity contribution in [3.8, 4) is 6.07 Å². The Kier molecular flexibility index (Phi) is 3.24. The molecule has 0 saturated carbocycles. The average Bonchev–Trinajstić information content (AvgIpc) is 2.71. The quantitative estimate of drug-likeness (QED) is 0.638. The van der Waals surface area contributed by atoms with Gasteiger partial charge in [-0.1, -0.05) is 19.9 Å². The second-order valence-electron chi connectivity index (χ2n) is 2.57. The molecule has 1 heterocycles. The fourth-order valence-electron chi connectivity index (χ4n) is 1.17. The van der Waals surface area contributed by atoms with Gasteiger partial charge in [-0.25, -0.2) is 4.98 Å². The molecule has 0 saturated heterocycles. The smallest absolute Gasteiger partial charge is 0.182 e. The lowest BCUT2D eigenvalue weighted by molar-refractivity contribution is 0.601. The van der Waals surface area contributed by atoms with E-state index in [1.165, 1.54) is 6.39 Å². The number of fused-ring (bicyclic) bond motifs is 1. The summed E-state index contributed by atoms with van der Waals surface area (Å²) in [6.07, 6.45) is 1.36. The van der Waals surface area contributed by atoms with E-state index in [1.54, 1.807) is 6.07 Å². The fraction of sp³-hybridized carbons (Fsp3) is 0.273. The van der Waals surface area contributed by atoms with Gasteiger partial charge in [0.05, 0.1) is 5.56 Å². The maximum Gasteiger partial charge on any atom is 0.182 e. The highest BCUT2D eigenvalue weighted by molar-refractivity contribution is 5.81. The summed E-state index contributed by atoms with van der Waals surface area (Å²) in [5, 5.41) is 8.71. The Morgan fingerprint density at radius 1 is 1.36 bits per heavy atom. The lowest BCUT2D eigenvalue weighted by Crippen LogP contribution is -1.79. The molecule has 2 aromatic rings. The summed E-state index contributed by atoms with van der Waals surface area (Å²) >= 11 is 0. The molecule has 14 heavy (non-hydrogen) atoms. The first-order valence-corrected chi connectivity index (χ1v) is 4.56. The minimum atomic E-state index is 0.535. The zero-order chi connectivity index (χ0) is 10.6. The van der Waals surface area contributed by atoms with E-state index in [0.717, 1.165) is 11.1 Å². The molecule has 0 aliphatic rings. The van der Waals surface area contributed by atoms with E-state index >= 15 is 0 Å². The molecule has 0 bridgehead atoms. The zero-order valence-corrected chi connectivity index (χ0v) is 8.53. The number of hydrogen-bond acceptors (Lipinski definition) is 3. The predicted octanol–water partition coefficient (Wildman–Crippen LogP) is 3.03.